The van der Waals surface area contributed by atoms with E-state index >= 15 is 0 Å². The van der Waals surface area contributed by atoms with E-state index in [1.165, 1.54) is 108 Å². The lowest BCUT2D eigenvalue weighted by atomic mass is 9.70. The van der Waals surface area contributed by atoms with Crippen LogP contribution >= 0.6 is 11.3 Å². The molecule has 0 fully saturated rings. The third-order valence-corrected chi connectivity index (χ3v) is 15.2. The molecule has 11 aromatic carbocycles. The second-order valence-corrected chi connectivity index (χ2v) is 18.2. The smallest absolute Gasteiger partial charge is 0.0725 e. The Kier molecular flexibility index (Phi) is 7.26. The zero-order valence-corrected chi connectivity index (χ0v) is 35.0. The van der Waals surface area contributed by atoms with E-state index in [0.717, 1.165) is 17.1 Å². The standard InChI is InChI=1S/C61H37NS/c1-2-15-45-43(13-1)44-14-3-4-16-46(44)52-36-41(30-32-47(45)52)62(40-28-25-38(26-29-40)39-27-34-60-54(35-39)51-20-8-12-24-59(51)63-60)42-31-33-58-53(37-42)50-19-7-11-23-57(50)61(58)55-21-9-5-17-48(55)49-18-6-10-22-56(49)61/h1-37H. The molecule has 14 rings (SSSR count). The molecule has 2 aliphatic rings. The van der Waals surface area contributed by atoms with Gasteiger partial charge in [-0.3, -0.25) is 0 Å². The van der Waals surface area contributed by atoms with Crippen molar-refractivity contribution in [2.75, 3.05) is 4.90 Å². The fourth-order valence-corrected chi connectivity index (χ4v) is 12.5. The summed E-state index contributed by atoms with van der Waals surface area (Å²) in [5.74, 6) is 0. The molecule has 1 nitrogen and oxygen atoms in total. The monoisotopic (exact) mass is 815 g/mol. The molecule has 2 heteroatoms. The first kappa shape index (κ1) is 34.9. The van der Waals surface area contributed by atoms with Gasteiger partial charge in [-0.25, -0.2) is 0 Å². The SMILES string of the molecule is c1ccc2c(c1)-c1ccccc1C21c2ccccc2-c2cc(N(c3ccc(-c4ccc5sc6ccccc6c5c4)cc3)c3ccc4c5ccccc5c5ccccc5c4c3)ccc21. The van der Waals surface area contributed by atoms with Crippen LogP contribution in [0.15, 0.2) is 224 Å². The lowest BCUT2D eigenvalue weighted by Gasteiger charge is -2.31. The van der Waals surface area contributed by atoms with E-state index in [-0.39, 0.29) is 5.41 Å². The lowest BCUT2D eigenvalue weighted by Crippen LogP contribution is -2.25. The van der Waals surface area contributed by atoms with E-state index in [9.17, 15) is 0 Å². The van der Waals surface area contributed by atoms with Gasteiger partial charge in [-0.2, -0.15) is 0 Å². The Morgan fingerprint density at radius 1 is 0.270 bits per heavy atom. The second kappa shape index (κ2) is 13.1. The Bertz CT molecular complexity index is 3790. The number of benzene rings is 11. The van der Waals surface area contributed by atoms with Crippen LogP contribution in [-0.2, 0) is 5.41 Å². The first-order valence-electron chi connectivity index (χ1n) is 21.8. The first-order valence-corrected chi connectivity index (χ1v) is 22.6. The molecule has 0 amide bonds. The molecule has 0 N–H and O–H groups in total. The second-order valence-electron chi connectivity index (χ2n) is 17.1. The van der Waals surface area contributed by atoms with Crippen molar-refractivity contribution in [3.05, 3.63) is 247 Å². The van der Waals surface area contributed by atoms with Crippen LogP contribution in [0, 0.1) is 0 Å². The number of nitrogens with zero attached hydrogens (tertiary/aromatic N) is 1. The molecule has 1 aromatic heterocycles. The summed E-state index contributed by atoms with van der Waals surface area (Å²) >= 11 is 1.87. The van der Waals surface area contributed by atoms with Crippen LogP contribution in [0.3, 0.4) is 0 Å². The van der Waals surface area contributed by atoms with Crippen molar-refractivity contribution >= 4 is 80.9 Å². The molecular weight excluding hydrogens is 779 g/mol. The predicted octanol–water partition coefficient (Wildman–Crippen LogP) is 17.0. The molecule has 0 bridgehead atoms. The van der Waals surface area contributed by atoms with Gasteiger partial charge in [-0.05, 0) is 143 Å². The molecule has 12 aromatic rings. The minimum Gasteiger partial charge on any atom is -0.310 e. The summed E-state index contributed by atoms with van der Waals surface area (Å²) in [5.41, 5.74) is 16.0. The third kappa shape index (κ3) is 4.82. The maximum Gasteiger partial charge on any atom is 0.0725 e. The van der Waals surface area contributed by atoms with Crippen molar-refractivity contribution in [2.45, 2.75) is 5.41 Å². The summed E-state index contributed by atoms with van der Waals surface area (Å²) in [6, 6.07) is 84.1. The molecule has 2 aliphatic carbocycles. The maximum absolute atomic E-state index is 2.47. The van der Waals surface area contributed by atoms with Crippen LogP contribution in [0.1, 0.15) is 22.3 Å². The third-order valence-electron chi connectivity index (χ3n) is 14.1. The highest BCUT2D eigenvalue weighted by Crippen LogP contribution is 2.63. The van der Waals surface area contributed by atoms with Gasteiger partial charge in [0.05, 0.1) is 5.41 Å². The van der Waals surface area contributed by atoms with Crippen LogP contribution in [0.2, 0.25) is 0 Å². The van der Waals surface area contributed by atoms with Gasteiger partial charge < -0.3 is 4.90 Å². The number of rotatable bonds is 4. The summed E-state index contributed by atoms with van der Waals surface area (Å²) in [6.07, 6.45) is 0. The average Bonchev–Trinajstić information content (AvgIpc) is 3.98. The van der Waals surface area contributed by atoms with Crippen LogP contribution < -0.4 is 4.90 Å². The highest BCUT2D eigenvalue weighted by Gasteiger charge is 2.51. The fourth-order valence-electron chi connectivity index (χ4n) is 11.4. The van der Waals surface area contributed by atoms with Crippen LogP contribution in [0.25, 0.3) is 85.9 Å². The minimum absolute atomic E-state index is 0.387. The number of fused-ring (bicyclic) bond motifs is 19. The van der Waals surface area contributed by atoms with Gasteiger partial charge in [0.2, 0.25) is 0 Å². The average molecular weight is 816 g/mol. The fraction of sp³-hybridized carbons (Fsp3) is 0.0164. The molecule has 0 saturated carbocycles. The molecule has 63 heavy (non-hydrogen) atoms. The summed E-state index contributed by atoms with van der Waals surface area (Å²) in [5, 5.41) is 10.3. The van der Waals surface area contributed by atoms with Crippen molar-refractivity contribution in [1.29, 1.82) is 0 Å². The highest BCUT2D eigenvalue weighted by atomic mass is 32.1. The van der Waals surface area contributed by atoms with Gasteiger partial charge in [0.25, 0.3) is 0 Å². The first-order chi connectivity index (χ1) is 31.2. The van der Waals surface area contributed by atoms with Gasteiger partial charge in [-0.15, -0.1) is 11.3 Å². The van der Waals surface area contributed by atoms with Crippen molar-refractivity contribution in [1.82, 2.24) is 0 Å². The van der Waals surface area contributed by atoms with E-state index in [1.54, 1.807) is 0 Å². The van der Waals surface area contributed by atoms with E-state index in [4.69, 9.17) is 0 Å². The molecule has 1 spiro atoms. The number of thiophene rings is 1. The number of hydrogen-bond donors (Lipinski definition) is 0. The van der Waals surface area contributed by atoms with Crippen LogP contribution in [0.5, 0.6) is 0 Å². The van der Waals surface area contributed by atoms with Gasteiger partial charge in [-0.1, -0.05) is 170 Å². The largest absolute Gasteiger partial charge is 0.310 e. The van der Waals surface area contributed by atoms with E-state index in [1.807, 2.05) is 11.3 Å². The Labute approximate surface area is 369 Å². The molecule has 0 aliphatic heterocycles. The normalized spacial score (nSPS) is 13.2. The van der Waals surface area contributed by atoms with E-state index in [0.29, 0.717) is 0 Å². The molecule has 292 valence electrons. The Morgan fingerprint density at radius 2 is 0.714 bits per heavy atom. The summed E-state index contributed by atoms with van der Waals surface area (Å²) < 4.78 is 2.65. The van der Waals surface area contributed by atoms with Crippen molar-refractivity contribution in [2.24, 2.45) is 0 Å². The predicted molar refractivity (Wildman–Crippen MR) is 268 cm³/mol. The van der Waals surface area contributed by atoms with E-state index in [2.05, 4.69) is 229 Å². The Morgan fingerprint density at radius 3 is 1.37 bits per heavy atom. The summed E-state index contributed by atoms with van der Waals surface area (Å²) in [4.78, 5) is 2.47. The van der Waals surface area contributed by atoms with Crippen molar-refractivity contribution in [3.8, 4) is 33.4 Å². The van der Waals surface area contributed by atoms with E-state index < -0.39 is 0 Å². The quantitative estimate of drug-likeness (QED) is 0.160. The van der Waals surface area contributed by atoms with Gasteiger partial charge in [0.15, 0.2) is 0 Å². The Balaban J connectivity index is 0.985. The molecule has 0 radical (unpaired) electrons. The van der Waals surface area contributed by atoms with Gasteiger partial charge >= 0.3 is 0 Å². The highest BCUT2D eigenvalue weighted by molar-refractivity contribution is 7.25. The number of hydrogen-bond acceptors (Lipinski definition) is 2. The van der Waals surface area contributed by atoms with Crippen molar-refractivity contribution < 1.29 is 0 Å². The lowest BCUT2D eigenvalue weighted by molar-refractivity contribution is 0.794. The topological polar surface area (TPSA) is 3.24 Å². The maximum atomic E-state index is 2.47. The van der Waals surface area contributed by atoms with Crippen molar-refractivity contribution in [3.63, 3.8) is 0 Å². The van der Waals surface area contributed by atoms with Crippen LogP contribution in [-0.4, -0.2) is 0 Å². The molecular formula is C61H37NS. The van der Waals surface area contributed by atoms with Crippen LogP contribution in [0.4, 0.5) is 17.1 Å². The summed E-state index contributed by atoms with van der Waals surface area (Å²) in [6.45, 7) is 0. The van der Waals surface area contributed by atoms with Gasteiger partial charge in [0, 0.05) is 37.2 Å². The zero-order chi connectivity index (χ0) is 41.2. The molecule has 0 saturated heterocycles. The molecule has 0 unspecified atom stereocenters. The van der Waals surface area contributed by atoms with Gasteiger partial charge in [0.1, 0.15) is 0 Å². The molecule has 0 atom stereocenters. The number of anilines is 3. The summed E-state index contributed by atoms with van der Waals surface area (Å²) in [7, 11) is 0. The minimum atomic E-state index is -0.387. The molecule has 1 heterocycles. The zero-order valence-electron chi connectivity index (χ0n) is 34.2. The Hall–Kier alpha value is -7.78.